The van der Waals surface area contributed by atoms with Crippen molar-refractivity contribution in [3.05, 3.63) is 161 Å². The quantitative estimate of drug-likeness (QED) is 0.0814. The van der Waals surface area contributed by atoms with Crippen LogP contribution in [-0.2, 0) is 43.6 Å². The van der Waals surface area contributed by atoms with Crippen LogP contribution in [0.1, 0.15) is 63.4 Å². The fourth-order valence-corrected chi connectivity index (χ4v) is 7.81. The van der Waals surface area contributed by atoms with Crippen molar-refractivity contribution < 1.29 is 43.6 Å². The van der Waals surface area contributed by atoms with E-state index in [1.807, 2.05) is 109 Å². The van der Waals surface area contributed by atoms with Gasteiger partial charge in [0.05, 0.1) is 37.3 Å². The van der Waals surface area contributed by atoms with Crippen molar-refractivity contribution in [3.8, 4) is 11.1 Å². The molecular formula is C44H40N2O9S. The smallest absolute Gasteiger partial charge is 0.408 e. The van der Waals surface area contributed by atoms with Gasteiger partial charge in [-0.05, 0) is 57.6 Å². The Morgan fingerprint density at radius 2 is 1.50 bits per heavy atom. The van der Waals surface area contributed by atoms with Gasteiger partial charge in [-0.1, -0.05) is 103 Å². The van der Waals surface area contributed by atoms with E-state index < -0.39 is 30.3 Å². The summed E-state index contributed by atoms with van der Waals surface area (Å²) in [6.07, 6.45) is -1.73. The average molecular weight is 773 g/mol. The molecule has 56 heavy (non-hydrogen) atoms. The zero-order valence-corrected chi connectivity index (χ0v) is 31.1. The number of nitrogens with one attached hydrogen (secondary N) is 1. The molecule has 12 heteroatoms. The molecule has 2 aliphatic heterocycles. The number of amides is 3. The number of imide groups is 1. The summed E-state index contributed by atoms with van der Waals surface area (Å²) in [6, 6.07) is 38.0. The lowest BCUT2D eigenvalue weighted by Gasteiger charge is -2.36. The predicted octanol–water partition coefficient (Wildman–Crippen LogP) is 7.44. The summed E-state index contributed by atoms with van der Waals surface area (Å²) in [7, 11) is 0. The number of aromatic carboxylic acids is 1. The van der Waals surface area contributed by atoms with E-state index in [0.717, 1.165) is 43.8 Å². The van der Waals surface area contributed by atoms with Crippen LogP contribution in [0.15, 0.2) is 132 Å². The standard InChI is InChI=1S/C44H40N2O9S/c47-25-28-16-18-31(19-17-28)38-22-35(27-56-39-15-5-4-14-36(39)42(50)51)54-43(55-38)34-13-7-12-33(21-34)32-11-6-10-30(20-32)24-46-40(48)23-37(41(46)49)45-44(52)53-26-29-8-2-1-3-9-29/h1-21,35,37-38,43,47H,22-27H2,(H,45,52)(H,50,51)/t35-,37?,38+,43+/m0/s1. The number of hydrogen-bond acceptors (Lipinski definition) is 9. The Hall–Kier alpha value is -5.79. The van der Waals surface area contributed by atoms with Crippen LogP contribution in [0.3, 0.4) is 0 Å². The van der Waals surface area contributed by atoms with E-state index >= 15 is 0 Å². The Kier molecular flexibility index (Phi) is 12.2. The van der Waals surface area contributed by atoms with Gasteiger partial charge in [-0.15, -0.1) is 11.8 Å². The van der Waals surface area contributed by atoms with Crippen LogP contribution in [0.5, 0.6) is 0 Å². The minimum absolute atomic E-state index is 0.0401. The Bertz CT molecular complexity index is 2200. The van der Waals surface area contributed by atoms with E-state index in [0.29, 0.717) is 17.1 Å². The monoisotopic (exact) mass is 772 g/mol. The number of carbonyl (C=O) groups excluding carboxylic acids is 3. The summed E-state index contributed by atoms with van der Waals surface area (Å²) in [5.41, 5.74) is 6.00. The molecule has 0 bridgehead atoms. The minimum Gasteiger partial charge on any atom is -0.478 e. The Morgan fingerprint density at radius 3 is 2.27 bits per heavy atom. The topological polar surface area (TPSA) is 152 Å². The second kappa shape index (κ2) is 17.8. The number of likely N-dealkylation sites (tertiary alicyclic amines) is 1. The van der Waals surface area contributed by atoms with Gasteiger partial charge in [0, 0.05) is 22.6 Å². The lowest BCUT2D eigenvalue weighted by atomic mass is 9.99. The van der Waals surface area contributed by atoms with Crippen LogP contribution in [0.4, 0.5) is 4.79 Å². The number of alkyl carbamates (subject to hydrolysis) is 1. The zero-order valence-electron chi connectivity index (χ0n) is 30.3. The van der Waals surface area contributed by atoms with Gasteiger partial charge in [0.2, 0.25) is 5.91 Å². The summed E-state index contributed by atoms with van der Waals surface area (Å²) < 4.78 is 18.4. The van der Waals surface area contributed by atoms with Gasteiger partial charge in [-0.2, -0.15) is 0 Å². The highest BCUT2D eigenvalue weighted by atomic mass is 32.2. The summed E-state index contributed by atoms with van der Waals surface area (Å²) in [6.45, 7) is 0.0157. The lowest BCUT2D eigenvalue weighted by molar-refractivity contribution is -0.245. The second-order valence-corrected chi connectivity index (χ2v) is 14.6. The van der Waals surface area contributed by atoms with Crippen molar-refractivity contribution in [3.63, 3.8) is 0 Å². The van der Waals surface area contributed by atoms with Gasteiger partial charge in [0.25, 0.3) is 5.91 Å². The molecule has 0 aliphatic carbocycles. The molecule has 286 valence electrons. The molecule has 0 saturated carbocycles. The predicted molar refractivity (Wildman–Crippen MR) is 208 cm³/mol. The fourth-order valence-electron chi connectivity index (χ4n) is 6.74. The summed E-state index contributed by atoms with van der Waals surface area (Å²) in [4.78, 5) is 52.3. The van der Waals surface area contributed by atoms with Crippen LogP contribution in [-0.4, -0.2) is 56.9 Å². The normalized spacial score (nSPS) is 19.5. The van der Waals surface area contributed by atoms with Gasteiger partial charge < -0.3 is 29.7 Å². The number of carbonyl (C=O) groups is 4. The summed E-state index contributed by atoms with van der Waals surface area (Å²) in [5.74, 6) is -1.37. The molecule has 11 nitrogen and oxygen atoms in total. The molecule has 7 rings (SSSR count). The maximum Gasteiger partial charge on any atom is 0.408 e. The lowest BCUT2D eigenvalue weighted by Crippen LogP contribution is -2.41. The van der Waals surface area contributed by atoms with Gasteiger partial charge in [0.15, 0.2) is 6.29 Å². The van der Waals surface area contributed by atoms with Gasteiger partial charge in [-0.3, -0.25) is 14.5 Å². The number of benzene rings is 5. The third-order valence-corrected chi connectivity index (χ3v) is 10.9. The third kappa shape index (κ3) is 9.35. The van der Waals surface area contributed by atoms with E-state index in [4.69, 9.17) is 14.2 Å². The molecular weight excluding hydrogens is 733 g/mol. The molecule has 5 aromatic carbocycles. The number of aliphatic hydroxyl groups is 1. The Balaban J connectivity index is 1.04. The number of ether oxygens (including phenoxy) is 3. The molecule has 2 heterocycles. The van der Waals surface area contributed by atoms with E-state index in [-0.39, 0.29) is 49.9 Å². The van der Waals surface area contributed by atoms with Gasteiger partial charge >= 0.3 is 12.1 Å². The van der Waals surface area contributed by atoms with Crippen molar-refractivity contribution in [1.82, 2.24) is 10.2 Å². The first-order chi connectivity index (χ1) is 27.2. The molecule has 3 amide bonds. The fraction of sp³-hybridized carbons (Fsp3) is 0.227. The molecule has 1 unspecified atom stereocenters. The van der Waals surface area contributed by atoms with E-state index in [9.17, 15) is 29.4 Å². The van der Waals surface area contributed by atoms with Gasteiger partial charge in [0.1, 0.15) is 12.6 Å². The van der Waals surface area contributed by atoms with Crippen LogP contribution in [0.25, 0.3) is 11.1 Å². The highest BCUT2D eigenvalue weighted by Crippen LogP contribution is 2.40. The molecule has 2 saturated heterocycles. The molecule has 0 radical (unpaired) electrons. The van der Waals surface area contributed by atoms with Crippen LogP contribution < -0.4 is 5.32 Å². The SMILES string of the molecule is O=C(NC1CC(=O)N(Cc2cccc(-c3cccc([C@@H]4O[C@H](CSc5ccccc5C(=O)O)C[C@H](c5ccc(CO)cc5)O4)c3)c2)C1=O)OCc1ccccc1. The van der Waals surface area contributed by atoms with Crippen molar-refractivity contribution in [1.29, 1.82) is 0 Å². The Labute approximate surface area is 328 Å². The number of carboxylic acid groups (broad SMARTS) is 1. The first-order valence-corrected chi connectivity index (χ1v) is 19.2. The van der Waals surface area contributed by atoms with Crippen molar-refractivity contribution >= 4 is 35.6 Å². The van der Waals surface area contributed by atoms with Gasteiger partial charge in [-0.25, -0.2) is 9.59 Å². The highest BCUT2D eigenvalue weighted by molar-refractivity contribution is 7.99. The van der Waals surface area contributed by atoms with Crippen molar-refractivity contribution in [2.75, 3.05) is 5.75 Å². The summed E-state index contributed by atoms with van der Waals surface area (Å²) >= 11 is 1.43. The van der Waals surface area contributed by atoms with Crippen LogP contribution >= 0.6 is 11.8 Å². The average Bonchev–Trinajstić information content (AvgIpc) is 3.49. The molecule has 0 spiro atoms. The molecule has 2 fully saturated rings. The second-order valence-electron chi connectivity index (χ2n) is 13.6. The molecule has 3 N–H and O–H groups in total. The number of hydrogen-bond donors (Lipinski definition) is 3. The van der Waals surface area contributed by atoms with Crippen molar-refractivity contribution in [2.24, 2.45) is 0 Å². The zero-order chi connectivity index (χ0) is 39.0. The number of thioether (sulfide) groups is 1. The van der Waals surface area contributed by atoms with Crippen LogP contribution in [0.2, 0.25) is 0 Å². The molecule has 4 atom stereocenters. The molecule has 5 aromatic rings. The van der Waals surface area contributed by atoms with E-state index in [2.05, 4.69) is 5.32 Å². The number of carboxylic acids is 1. The maximum absolute atomic E-state index is 13.2. The summed E-state index contributed by atoms with van der Waals surface area (Å²) in [5, 5.41) is 21.8. The molecule has 2 aliphatic rings. The first kappa shape index (κ1) is 38.5. The first-order valence-electron chi connectivity index (χ1n) is 18.2. The van der Waals surface area contributed by atoms with Crippen molar-refractivity contribution in [2.45, 2.75) is 62.0 Å². The van der Waals surface area contributed by atoms with E-state index in [1.54, 1.807) is 18.2 Å². The van der Waals surface area contributed by atoms with E-state index in [1.165, 1.54) is 11.8 Å². The maximum atomic E-state index is 13.2. The number of aliphatic hydroxyl groups excluding tert-OH is 1. The minimum atomic E-state index is -1.01. The van der Waals surface area contributed by atoms with Crippen LogP contribution in [0, 0.1) is 0 Å². The number of rotatable bonds is 13. The molecule has 0 aromatic heterocycles. The largest absolute Gasteiger partial charge is 0.478 e. The Morgan fingerprint density at radius 1 is 0.786 bits per heavy atom. The number of nitrogens with zero attached hydrogens (tertiary/aromatic N) is 1. The highest BCUT2D eigenvalue weighted by Gasteiger charge is 2.40. The third-order valence-electron chi connectivity index (χ3n) is 9.67.